The van der Waals surface area contributed by atoms with E-state index >= 15 is 0 Å². The topological polar surface area (TPSA) is 83.6 Å². The predicted molar refractivity (Wildman–Crippen MR) is 43.5 cm³/mol. The van der Waals surface area contributed by atoms with Gasteiger partial charge in [0.1, 0.15) is 0 Å². The summed E-state index contributed by atoms with van der Waals surface area (Å²) in [5.74, 6) is -0.760. The number of β-amino-alcohol motifs (C(OH)–C–C–N with tert-alkyl or cyclic N) is 1. The third-order valence-corrected chi connectivity index (χ3v) is 1.54. The van der Waals surface area contributed by atoms with E-state index in [-0.39, 0.29) is 55.0 Å². The van der Waals surface area contributed by atoms with Crippen LogP contribution in [-0.4, -0.2) is 70.6 Å². The fourth-order valence-corrected chi connectivity index (χ4v) is 1.09. The van der Waals surface area contributed by atoms with Gasteiger partial charge < -0.3 is 15.7 Å². The van der Waals surface area contributed by atoms with Crippen molar-refractivity contribution in [1.82, 2.24) is 4.90 Å². The number of aliphatic hydroxyl groups excluding tert-OH is 1. The Morgan fingerprint density at radius 1 is 1.75 bits per heavy atom. The van der Waals surface area contributed by atoms with E-state index in [4.69, 9.17) is 10.8 Å². The normalized spacial score (nSPS) is 22.2. The number of likely N-dealkylation sites (tertiary alicyclic amines) is 1. The first-order chi connectivity index (χ1) is 5.09. The van der Waals surface area contributed by atoms with Gasteiger partial charge in [-0.3, -0.25) is 9.59 Å². The summed E-state index contributed by atoms with van der Waals surface area (Å²) in [5.41, 5.74) is 4.87. The zero-order valence-electron chi connectivity index (χ0n) is 5.99. The third-order valence-electron chi connectivity index (χ3n) is 1.54. The Kier molecular flexibility index (Phi) is 4.77. The molecule has 0 aromatic carbocycles. The Balaban J connectivity index is 0.00000121. The van der Waals surface area contributed by atoms with Gasteiger partial charge in [-0.15, -0.1) is 0 Å². The van der Waals surface area contributed by atoms with E-state index in [0.29, 0.717) is 0 Å². The summed E-state index contributed by atoms with van der Waals surface area (Å²) >= 11 is 0. The third kappa shape index (κ3) is 3.10. The second-order valence-electron chi connectivity index (χ2n) is 2.60. The molecule has 1 atom stereocenters. The molecule has 0 bridgehead atoms. The van der Waals surface area contributed by atoms with Crippen LogP contribution in [0.2, 0.25) is 0 Å². The van der Waals surface area contributed by atoms with Crippen LogP contribution < -0.4 is 5.73 Å². The Labute approximate surface area is 92.2 Å². The van der Waals surface area contributed by atoms with Gasteiger partial charge in [0.25, 0.3) is 0 Å². The fourth-order valence-electron chi connectivity index (χ4n) is 1.09. The van der Waals surface area contributed by atoms with Crippen molar-refractivity contribution in [3.05, 3.63) is 0 Å². The molecule has 1 unspecified atom stereocenters. The molecule has 0 aliphatic carbocycles. The van der Waals surface area contributed by atoms with Crippen LogP contribution in [0.4, 0.5) is 0 Å². The first-order valence-corrected chi connectivity index (χ1v) is 3.33. The molecule has 1 saturated heterocycles. The Bertz CT molecular complexity index is 197. The standard InChI is InChI=1S/C6H10N2O3.Na.H/c7-5(10)3-8-2-4(9)1-6(8)11;;/h4,9H,1-3H2,(H2,7,10);;. The minimum absolute atomic E-state index is 0. The van der Waals surface area contributed by atoms with Crippen molar-refractivity contribution in [2.75, 3.05) is 13.1 Å². The average Bonchev–Trinajstić information content (AvgIpc) is 2.09. The second-order valence-corrected chi connectivity index (χ2v) is 2.60. The number of nitrogens with zero attached hydrogens (tertiary/aromatic N) is 1. The molecule has 1 aliphatic heterocycles. The van der Waals surface area contributed by atoms with Gasteiger partial charge in [0.15, 0.2) is 0 Å². The fraction of sp³-hybridized carbons (Fsp3) is 0.667. The van der Waals surface area contributed by atoms with Crippen molar-refractivity contribution >= 4 is 41.4 Å². The molecule has 3 N–H and O–H groups in total. The van der Waals surface area contributed by atoms with Gasteiger partial charge >= 0.3 is 29.6 Å². The number of hydrogen-bond donors (Lipinski definition) is 2. The molecule has 6 heteroatoms. The van der Waals surface area contributed by atoms with Gasteiger partial charge in [-0.05, 0) is 0 Å². The number of aliphatic hydroxyl groups is 1. The molecular formula is C6H11N2NaO3. The quantitative estimate of drug-likeness (QED) is 0.460. The van der Waals surface area contributed by atoms with Crippen LogP contribution in [-0.2, 0) is 9.59 Å². The van der Waals surface area contributed by atoms with E-state index in [2.05, 4.69) is 0 Å². The Morgan fingerprint density at radius 3 is 2.67 bits per heavy atom. The van der Waals surface area contributed by atoms with Gasteiger partial charge in [0, 0.05) is 6.54 Å². The van der Waals surface area contributed by atoms with Crippen molar-refractivity contribution < 1.29 is 14.7 Å². The summed E-state index contributed by atoms with van der Waals surface area (Å²) in [6, 6.07) is 0. The van der Waals surface area contributed by atoms with Gasteiger partial charge in [-0.25, -0.2) is 0 Å². The van der Waals surface area contributed by atoms with Crippen LogP contribution in [0.15, 0.2) is 0 Å². The first-order valence-electron chi connectivity index (χ1n) is 3.33. The second kappa shape index (κ2) is 4.81. The molecule has 5 nitrogen and oxygen atoms in total. The van der Waals surface area contributed by atoms with Crippen molar-refractivity contribution in [3.8, 4) is 0 Å². The number of amides is 2. The van der Waals surface area contributed by atoms with Crippen LogP contribution in [0, 0.1) is 0 Å². The number of nitrogens with two attached hydrogens (primary N) is 1. The van der Waals surface area contributed by atoms with Crippen molar-refractivity contribution in [2.45, 2.75) is 12.5 Å². The minimum atomic E-state index is -0.637. The summed E-state index contributed by atoms with van der Waals surface area (Å²) in [4.78, 5) is 22.5. The van der Waals surface area contributed by atoms with Crippen LogP contribution in [0.1, 0.15) is 6.42 Å². The van der Waals surface area contributed by atoms with Crippen molar-refractivity contribution in [2.24, 2.45) is 5.73 Å². The molecule has 1 heterocycles. The number of primary amides is 1. The molecule has 1 aliphatic rings. The van der Waals surface area contributed by atoms with Gasteiger partial charge in [-0.1, -0.05) is 0 Å². The number of hydrogen-bond acceptors (Lipinski definition) is 3. The summed E-state index contributed by atoms with van der Waals surface area (Å²) in [6.45, 7) is 0.137. The maximum atomic E-state index is 10.9. The molecule has 0 aromatic heterocycles. The average molecular weight is 182 g/mol. The molecule has 1 rings (SSSR count). The van der Waals surface area contributed by atoms with E-state index in [0.717, 1.165) is 0 Å². The molecule has 64 valence electrons. The zero-order valence-corrected chi connectivity index (χ0v) is 5.99. The van der Waals surface area contributed by atoms with E-state index in [1.807, 2.05) is 0 Å². The van der Waals surface area contributed by atoms with E-state index in [1.54, 1.807) is 0 Å². The maximum absolute atomic E-state index is 10.9. The summed E-state index contributed by atoms with van der Waals surface area (Å²) in [6.07, 6.45) is -0.533. The molecule has 12 heavy (non-hydrogen) atoms. The molecule has 2 amide bonds. The number of carbonyl (C=O) groups is 2. The van der Waals surface area contributed by atoms with Crippen LogP contribution in [0.5, 0.6) is 0 Å². The first kappa shape index (κ1) is 11.9. The van der Waals surface area contributed by atoms with Crippen LogP contribution in [0.3, 0.4) is 0 Å². The van der Waals surface area contributed by atoms with Crippen molar-refractivity contribution in [1.29, 1.82) is 0 Å². The molecule has 0 saturated carbocycles. The van der Waals surface area contributed by atoms with Gasteiger partial charge in [0.05, 0.1) is 19.1 Å². The van der Waals surface area contributed by atoms with Gasteiger partial charge in [0.2, 0.25) is 11.8 Å². The van der Waals surface area contributed by atoms with E-state index < -0.39 is 12.0 Å². The number of rotatable bonds is 2. The molecule has 1 fully saturated rings. The molecule has 0 spiro atoms. The molecule has 0 radical (unpaired) electrons. The summed E-state index contributed by atoms with van der Waals surface area (Å²) in [7, 11) is 0. The number of carbonyl (C=O) groups excluding carboxylic acids is 2. The Morgan fingerprint density at radius 2 is 2.33 bits per heavy atom. The molecule has 0 aromatic rings. The van der Waals surface area contributed by atoms with E-state index in [9.17, 15) is 9.59 Å². The van der Waals surface area contributed by atoms with Gasteiger partial charge in [-0.2, -0.15) is 0 Å². The molecular weight excluding hydrogens is 171 g/mol. The van der Waals surface area contributed by atoms with Crippen LogP contribution >= 0.6 is 0 Å². The predicted octanol–water partition coefficient (Wildman–Crippen LogP) is -2.58. The SMILES string of the molecule is NC(=O)CN1CC(O)CC1=O.[NaH]. The summed E-state index contributed by atoms with van der Waals surface area (Å²) in [5, 5.41) is 8.97. The summed E-state index contributed by atoms with van der Waals surface area (Å²) < 4.78 is 0. The van der Waals surface area contributed by atoms with Crippen molar-refractivity contribution in [3.63, 3.8) is 0 Å². The van der Waals surface area contributed by atoms with Crippen LogP contribution in [0.25, 0.3) is 0 Å². The van der Waals surface area contributed by atoms with E-state index in [1.165, 1.54) is 4.90 Å². The Hall–Kier alpha value is -0.100. The monoisotopic (exact) mass is 182 g/mol. The zero-order chi connectivity index (χ0) is 8.43.